The van der Waals surface area contributed by atoms with Crippen LogP contribution in [0.2, 0.25) is 0 Å². The lowest BCUT2D eigenvalue weighted by atomic mass is 9.99. The first-order chi connectivity index (χ1) is 30.4. The van der Waals surface area contributed by atoms with E-state index < -0.39 is 68.2 Å². The normalized spacial score (nSPS) is 15.5. The van der Waals surface area contributed by atoms with Crippen molar-refractivity contribution in [3.63, 3.8) is 0 Å². The Hall–Kier alpha value is -6.77. The van der Waals surface area contributed by atoms with Gasteiger partial charge in [0.15, 0.2) is 0 Å². The van der Waals surface area contributed by atoms with E-state index >= 15 is 8.78 Å². The van der Waals surface area contributed by atoms with Gasteiger partial charge in [0.1, 0.15) is 35.4 Å². The summed E-state index contributed by atoms with van der Waals surface area (Å²) in [4.78, 5) is 70.5. The third kappa shape index (κ3) is 9.37. The molecule has 4 aromatic heterocycles. The Morgan fingerprint density at radius 1 is 0.857 bits per heavy atom. The number of carbonyl (C=O) groups excluding carboxylic acids is 2. The largest absolute Gasteiger partial charge is 0.461 e. The average Bonchev–Trinajstić information content (AvgIpc) is 3.30. The molecule has 2 N–H and O–H groups in total. The van der Waals surface area contributed by atoms with Crippen molar-refractivity contribution in [1.82, 2.24) is 34.4 Å². The van der Waals surface area contributed by atoms with Crippen LogP contribution < -0.4 is 21.3 Å². The van der Waals surface area contributed by atoms with Crippen LogP contribution in [0.3, 0.4) is 0 Å². The Morgan fingerprint density at radius 3 is 2.24 bits per heavy atom. The number of esters is 1. The standard InChI is InChI=1S/C43H40F2N8O9S/c1-52-37-24-46-13-8-31(37)41(55)53(43(52)57)38-7-2-25(21-47-38)18-36(42(56)62-29-11-16-61-17-12-29)50-40(54)32-19-34(45)35(20-33(32)44)51-63(58,59)30-5-3-26(4-6-30)28-22-48-39(49-23-28)27-9-14-60-15-10-27/h2-8,13,19-24,27,29,36,51H,9-12,14-18H2,1H3,(H,50,54)/t36-/m0/s1. The molecule has 1 atom stereocenters. The van der Waals surface area contributed by atoms with Crippen molar-refractivity contribution in [2.24, 2.45) is 7.05 Å². The first-order valence-electron chi connectivity index (χ1n) is 20.0. The van der Waals surface area contributed by atoms with Gasteiger partial charge in [0.25, 0.3) is 21.5 Å². The Bertz CT molecular complexity index is 2900. The molecule has 63 heavy (non-hydrogen) atoms. The number of aryl methyl sites for hydroxylation is 1. The van der Waals surface area contributed by atoms with Crippen molar-refractivity contribution in [1.29, 1.82) is 0 Å². The summed E-state index contributed by atoms with van der Waals surface area (Å²) in [5.41, 5.74) is -0.909. The number of hydrogen-bond donors (Lipinski definition) is 2. The lowest BCUT2D eigenvalue weighted by molar-refractivity contribution is -0.155. The zero-order valence-electron chi connectivity index (χ0n) is 33.7. The lowest BCUT2D eigenvalue weighted by Gasteiger charge is -2.25. The van der Waals surface area contributed by atoms with Crippen molar-refractivity contribution < 1.29 is 41.0 Å². The van der Waals surface area contributed by atoms with Gasteiger partial charge in [0, 0.05) is 81.9 Å². The van der Waals surface area contributed by atoms with Gasteiger partial charge >= 0.3 is 11.7 Å². The van der Waals surface area contributed by atoms with E-state index in [-0.39, 0.29) is 28.4 Å². The van der Waals surface area contributed by atoms with Crippen LogP contribution in [0.5, 0.6) is 0 Å². The number of pyridine rings is 2. The molecule has 6 aromatic rings. The molecule has 2 saturated heterocycles. The molecule has 2 fully saturated rings. The zero-order chi connectivity index (χ0) is 44.3. The summed E-state index contributed by atoms with van der Waals surface area (Å²) in [6.07, 6.45) is 9.11. The summed E-state index contributed by atoms with van der Waals surface area (Å²) < 4.78 is 78.3. The Morgan fingerprint density at radius 2 is 1.56 bits per heavy atom. The van der Waals surface area contributed by atoms with E-state index in [9.17, 15) is 27.6 Å². The quantitative estimate of drug-likeness (QED) is 0.167. The maximum atomic E-state index is 15.6. The molecule has 0 bridgehead atoms. The number of carbonyl (C=O) groups is 2. The summed E-state index contributed by atoms with van der Waals surface area (Å²) in [6.45, 7) is 1.98. The van der Waals surface area contributed by atoms with Crippen LogP contribution in [0, 0.1) is 11.6 Å². The molecular weight excluding hydrogens is 843 g/mol. The SMILES string of the molecule is Cn1c(=O)n(-c2ccc(C[C@H](NC(=O)c3cc(F)c(NS(=O)(=O)c4ccc(-c5cnc(C6CCOCC6)nc5)cc4)cc3F)C(=O)OC3CCOCC3)cn2)c(=O)c2ccncc21. The molecule has 0 radical (unpaired) electrons. The molecular formula is C43H40F2N8O9S. The van der Waals surface area contributed by atoms with E-state index in [2.05, 4.69) is 25.3 Å². The molecule has 8 rings (SSSR count). The number of hydrogen-bond acceptors (Lipinski definition) is 13. The average molecular weight is 883 g/mol. The molecule has 0 saturated carbocycles. The summed E-state index contributed by atoms with van der Waals surface area (Å²) in [6, 6.07) is 9.61. The number of anilines is 1. The second kappa shape index (κ2) is 18.3. The smallest absolute Gasteiger partial charge is 0.337 e. The monoisotopic (exact) mass is 882 g/mol. The van der Waals surface area contributed by atoms with Crippen molar-refractivity contribution >= 4 is 38.5 Å². The number of fused-ring (bicyclic) bond motifs is 1. The third-order valence-electron chi connectivity index (χ3n) is 10.9. The summed E-state index contributed by atoms with van der Waals surface area (Å²) in [5, 5.41) is 2.65. The molecule has 2 aliphatic rings. The minimum Gasteiger partial charge on any atom is -0.461 e. The van der Waals surface area contributed by atoms with Gasteiger partial charge in [0.2, 0.25) is 0 Å². The molecule has 6 heterocycles. The van der Waals surface area contributed by atoms with Crippen molar-refractivity contribution in [2.45, 2.75) is 55.1 Å². The Balaban J connectivity index is 0.977. The van der Waals surface area contributed by atoms with Crippen LogP contribution in [0.4, 0.5) is 14.5 Å². The van der Waals surface area contributed by atoms with E-state index in [0.29, 0.717) is 79.4 Å². The fraction of sp³-hybridized carbons (Fsp3) is 0.302. The van der Waals surface area contributed by atoms with E-state index in [1.54, 1.807) is 12.4 Å². The Kier molecular flexibility index (Phi) is 12.5. The van der Waals surface area contributed by atoms with Crippen LogP contribution in [0.15, 0.2) is 100 Å². The number of benzene rings is 2. The minimum absolute atomic E-state index is 0.0133. The zero-order valence-corrected chi connectivity index (χ0v) is 34.5. The van der Waals surface area contributed by atoms with Gasteiger partial charge in [-0.3, -0.25) is 23.9 Å². The third-order valence-corrected chi connectivity index (χ3v) is 12.3. The number of nitrogens with zero attached hydrogens (tertiary/aromatic N) is 6. The lowest BCUT2D eigenvalue weighted by Crippen LogP contribution is -2.45. The first kappa shape index (κ1) is 42.9. The molecule has 1 amide bonds. The van der Waals surface area contributed by atoms with Gasteiger partial charge in [-0.15, -0.1) is 0 Å². The minimum atomic E-state index is -4.44. The van der Waals surface area contributed by atoms with Crippen molar-refractivity contribution in [3.8, 4) is 16.9 Å². The number of aromatic nitrogens is 6. The van der Waals surface area contributed by atoms with Crippen molar-refractivity contribution in [3.05, 3.63) is 135 Å². The molecule has 20 heteroatoms. The summed E-state index contributed by atoms with van der Waals surface area (Å²) in [7, 11) is -2.95. The molecule has 2 aromatic carbocycles. The maximum Gasteiger partial charge on any atom is 0.337 e. The predicted octanol–water partition coefficient (Wildman–Crippen LogP) is 3.97. The first-order valence-corrected chi connectivity index (χ1v) is 21.5. The number of amides is 1. The van der Waals surface area contributed by atoms with E-state index in [1.807, 2.05) is 4.72 Å². The van der Waals surface area contributed by atoms with Crippen LogP contribution in [0.1, 0.15) is 53.3 Å². The second-order valence-electron chi connectivity index (χ2n) is 15.0. The fourth-order valence-electron chi connectivity index (χ4n) is 7.35. The van der Waals surface area contributed by atoms with Gasteiger partial charge in [-0.05, 0) is 54.3 Å². The molecule has 0 spiro atoms. The van der Waals surface area contributed by atoms with Gasteiger partial charge in [-0.25, -0.2) is 46.3 Å². The molecule has 0 aliphatic carbocycles. The van der Waals surface area contributed by atoms with E-state index in [4.69, 9.17) is 14.2 Å². The molecule has 17 nitrogen and oxygen atoms in total. The number of nitrogens with one attached hydrogen (secondary N) is 2. The van der Waals surface area contributed by atoms with Crippen LogP contribution >= 0.6 is 0 Å². The number of rotatable bonds is 12. The van der Waals surface area contributed by atoms with Gasteiger partial charge in [-0.2, -0.15) is 0 Å². The van der Waals surface area contributed by atoms with Crippen LogP contribution in [-0.4, -0.2) is 87.9 Å². The Labute approximate surface area is 358 Å². The number of halogens is 2. The van der Waals surface area contributed by atoms with Gasteiger partial charge in [-0.1, -0.05) is 18.2 Å². The number of sulfonamides is 1. The predicted molar refractivity (Wildman–Crippen MR) is 223 cm³/mol. The molecule has 2 aliphatic heterocycles. The molecule has 0 unspecified atom stereocenters. The van der Waals surface area contributed by atoms with Crippen LogP contribution in [-0.2, 0) is 42.5 Å². The highest BCUT2D eigenvalue weighted by Crippen LogP contribution is 2.28. The maximum absolute atomic E-state index is 15.6. The summed E-state index contributed by atoms with van der Waals surface area (Å²) >= 11 is 0. The van der Waals surface area contributed by atoms with Gasteiger partial charge < -0.3 is 19.5 Å². The fourth-order valence-corrected chi connectivity index (χ4v) is 8.41. The second-order valence-corrected chi connectivity index (χ2v) is 16.7. The van der Waals surface area contributed by atoms with Crippen molar-refractivity contribution in [2.75, 3.05) is 31.1 Å². The van der Waals surface area contributed by atoms with Gasteiger partial charge in [0.05, 0.1) is 46.5 Å². The van der Waals surface area contributed by atoms with E-state index in [1.165, 1.54) is 72.7 Å². The summed E-state index contributed by atoms with van der Waals surface area (Å²) in [5.74, 6) is -3.72. The number of ether oxygens (including phenoxy) is 3. The highest BCUT2D eigenvalue weighted by molar-refractivity contribution is 7.92. The molecule has 326 valence electrons. The van der Waals surface area contributed by atoms with Crippen LogP contribution in [0.25, 0.3) is 27.8 Å². The van der Waals surface area contributed by atoms with E-state index in [0.717, 1.165) is 17.4 Å². The highest BCUT2D eigenvalue weighted by atomic mass is 32.2. The highest BCUT2D eigenvalue weighted by Gasteiger charge is 2.30. The topological polar surface area (TPSA) is 216 Å².